The van der Waals surface area contributed by atoms with Crippen molar-refractivity contribution in [1.82, 2.24) is 0 Å². The Hall–Kier alpha value is -1.78. The molecule has 0 heterocycles. The van der Waals surface area contributed by atoms with E-state index < -0.39 is 5.97 Å². The van der Waals surface area contributed by atoms with Crippen molar-refractivity contribution in [3.05, 3.63) is 23.5 Å². The minimum absolute atomic E-state index is 0.126. The third-order valence-corrected chi connectivity index (χ3v) is 3.66. The van der Waals surface area contributed by atoms with Gasteiger partial charge in [0.2, 0.25) is 0 Å². The van der Waals surface area contributed by atoms with E-state index in [2.05, 4.69) is 11.8 Å². The lowest BCUT2D eigenvalue weighted by molar-refractivity contribution is 0.0527. The summed E-state index contributed by atoms with van der Waals surface area (Å²) in [6.45, 7) is 4.90. The van der Waals surface area contributed by atoms with Crippen LogP contribution < -0.4 is 10.6 Å². The molecule has 2 rings (SSSR count). The minimum Gasteiger partial charge on any atom is -0.462 e. The molecule has 0 aliphatic heterocycles. The molecule has 0 saturated heterocycles. The summed E-state index contributed by atoms with van der Waals surface area (Å²) < 4.78 is 19.3. The molecular weight excluding hydrogens is 271 g/mol. The first-order valence-electron chi connectivity index (χ1n) is 7.61. The van der Waals surface area contributed by atoms with Crippen molar-refractivity contribution >= 4 is 17.3 Å². The molecule has 0 radical (unpaired) electrons. The average Bonchev–Trinajstić information content (AvgIpc) is 3.26. The summed E-state index contributed by atoms with van der Waals surface area (Å²) in [4.78, 5) is 14.0. The Morgan fingerprint density at radius 2 is 2.14 bits per heavy atom. The molecule has 1 aliphatic rings. The topological polar surface area (TPSA) is 55.6 Å². The monoisotopic (exact) mass is 294 g/mol. The number of anilines is 2. The predicted octanol–water partition coefficient (Wildman–Crippen LogP) is 3.35. The first kappa shape index (κ1) is 15.6. The van der Waals surface area contributed by atoms with Crippen molar-refractivity contribution in [1.29, 1.82) is 0 Å². The van der Waals surface area contributed by atoms with Crippen LogP contribution in [0.3, 0.4) is 0 Å². The highest BCUT2D eigenvalue weighted by atomic mass is 19.1. The number of rotatable bonds is 7. The predicted molar refractivity (Wildman–Crippen MR) is 82.0 cm³/mol. The van der Waals surface area contributed by atoms with Crippen LogP contribution in [0.2, 0.25) is 0 Å². The van der Waals surface area contributed by atoms with Crippen LogP contribution in [-0.4, -0.2) is 25.2 Å². The molecule has 4 nitrogen and oxygen atoms in total. The Morgan fingerprint density at radius 3 is 2.71 bits per heavy atom. The van der Waals surface area contributed by atoms with Gasteiger partial charge in [0.15, 0.2) is 0 Å². The van der Waals surface area contributed by atoms with Crippen molar-refractivity contribution in [2.45, 2.75) is 45.6 Å². The normalized spacial score (nSPS) is 14.0. The first-order valence-corrected chi connectivity index (χ1v) is 7.61. The number of unbranched alkanes of at least 4 members (excludes halogenated alkanes) is 1. The molecule has 1 aromatic carbocycles. The second kappa shape index (κ2) is 6.78. The lowest BCUT2D eigenvalue weighted by atomic mass is 10.1. The van der Waals surface area contributed by atoms with E-state index in [1.165, 1.54) is 12.1 Å². The van der Waals surface area contributed by atoms with Crippen molar-refractivity contribution in [3.8, 4) is 0 Å². The van der Waals surface area contributed by atoms with Crippen LogP contribution in [0.4, 0.5) is 15.8 Å². The molecule has 0 amide bonds. The summed E-state index contributed by atoms with van der Waals surface area (Å²) in [5.74, 6) is -0.869. The Morgan fingerprint density at radius 1 is 1.43 bits per heavy atom. The van der Waals surface area contributed by atoms with Crippen molar-refractivity contribution < 1.29 is 13.9 Å². The number of nitrogen functional groups attached to an aromatic ring is 1. The highest BCUT2D eigenvalue weighted by molar-refractivity contribution is 5.96. The van der Waals surface area contributed by atoms with Crippen LogP contribution in [0.5, 0.6) is 0 Å². The summed E-state index contributed by atoms with van der Waals surface area (Å²) in [6, 6.07) is 3.14. The number of ether oxygens (including phenoxy) is 1. The molecule has 0 atom stereocenters. The molecule has 0 unspecified atom stereocenters. The molecular formula is C16H23FN2O2. The van der Waals surface area contributed by atoms with E-state index in [-0.39, 0.29) is 23.7 Å². The van der Waals surface area contributed by atoms with E-state index in [1.807, 2.05) is 0 Å². The third-order valence-electron chi connectivity index (χ3n) is 3.66. The number of nitrogens with two attached hydrogens (primary N) is 1. The quantitative estimate of drug-likeness (QED) is 0.619. The zero-order chi connectivity index (χ0) is 15.4. The van der Waals surface area contributed by atoms with Gasteiger partial charge in [-0.05, 0) is 38.3 Å². The maximum atomic E-state index is 14.3. The maximum absolute atomic E-state index is 14.3. The smallest absolute Gasteiger partial charge is 0.340 e. The number of halogens is 1. The largest absolute Gasteiger partial charge is 0.462 e. The first-order chi connectivity index (χ1) is 10.1. The van der Waals surface area contributed by atoms with Gasteiger partial charge in [0, 0.05) is 18.3 Å². The van der Waals surface area contributed by atoms with Gasteiger partial charge in [-0.15, -0.1) is 0 Å². The van der Waals surface area contributed by atoms with E-state index in [0.717, 1.165) is 32.2 Å². The van der Waals surface area contributed by atoms with E-state index in [0.29, 0.717) is 11.7 Å². The number of hydrogen-bond donors (Lipinski definition) is 1. The van der Waals surface area contributed by atoms with Crippen LogP contribution in [-0.2, 0) is 4.74 Å². The number of hydrogen-bond acceptors (Lipinski definition) is 4. The summed E-state index contributed by atoms with van der Waals surface area (Å²) in [5.41, 5.74) is 6.59. The maximum Gasteiger partial charge on any atom is 0.340 e. The summed E-state index contributed by atoms with van der Waals surface area (Å²) in [5, 5.41) is 0. The molecule has 21 heavy (non-hydrogen) atoms. The molecule has 0 spiro atoms. The Bertz CT molecular complexity index is 515. The SMILES string of the molecule is CCCCN(c1cc(C(=O)OCC)c(N)cc1F)C1CC1. The summed E-state index contributed by atoms with van der Waals surface area (Å²) >= 11 is 0. The van der Waals surface area contributed by atoms with Gasteiger partial charge in [0.25, 0.3) is 0 Å². The molecule has 0 bridgehead atoms. The molecule has 1 fully saturated rings. The van der Waals surface area contributed by atoms with E-state index in [1.54, 1.807) is 6.92 Å². The number of esters is 1. The lowest BCUT2D eigenvalue weighted by Gasteiger charge is -2.26. The lowest BCUT2D eigenvalue weighted by Crippen LogP contribution is -2.28. The van der Waals surface area contributed by atoms with Crippen molar-refractivity contribution in [2.24, 2.45) is 0 Å². The van der Waals surface area contributed by atoms with Gasteiger partial charge in [0.1, 0.15) is 5.82 Å². The second-order valence-electron chi connectivity index (χ2n) is 5.39. The highest BCUT2D eigenvalue weighted by Gasteiger charge is 2.31. The fourth-order valence-electron chi connectivity index (χ4n) is 2.40. The van der Waals surface area contributed by atoms with E-state index >= 15 is 0 Å². The van der Waals surface area contributed by atoms with Gasteiger partial charge >= 0.3 is 5.97 Å². The molecule has 1 saturated carbocycles. The Labute approximate surface area is 125 Å². The van der Waals surface area contributed by atoms with Gasteiger partial charge in [-0.3, -0.25) is 0 Å². The van der Waals surface area contributed by atoms with Crippen LogP contribution in [0.25, 0.3) is 0 Å². The number of carbonyl (C=O) groups excluding carboxylic acids is 1. The molecule has 2 N–H and O–H groups in total. The van der Waals surface area contributed by atoms with Crippen LogP contribution in [0.15, 0.2) is 12.1 Å². The number of nitrogens with zero attached hydrogens (tertiary/aromatic N) is 1. The van der Waals surface area contributed by atoms with Gasteiger partial charge < -0.3 is 15.4 Å². The van der Waals surface area contributed by atoms with Crippen LogP contribution >= 0.6 is 0 Å². The average molecular weight is 294 g/mol. The van der Waals surface area contributed by atoms with Gasteiger partial charge in [-0.2, -0.15) is 0 Å². The summed E-state index contributed by atoms with van der Waals surface area (Å²) in [7, 11) is 0. The number of benzene rings is 1. The molecule has 1 aliphatic carbocycles. The summed E-state index contributed by atoms with van der Waals surface area (Å²) in [6.07, 6.45) is 4.18. The fraction of sp³-hybridized carbons (Fsp3) is 0.562. The third kappa shape index (κ3) is 3.65. The highest BCUT2D eigenvalue weighted by Crippen LogP contribution is 2.35. The molecule has 116 valence electrons. The minimum atomic E-state index is -0.498. The number of carbonyl (C=O) groups is 1. The van der Waals surface area contributed by atoms with Gasteiger partial charge in [0.05, 0.1) is 17.9 Å². The fourth-order valence-corrected chi connectivity index (χ4v) is 2.40. The van der Waals surface area contributed by atoms with Gasteiger partial charge in [-0.25, -0.2) is 9.18 Å². The Kier molecular flexibility index (Phi) is 5.04. The molecule has 5 heteroatoms. The zero-order valence-electron chi connectivity index (χ0n) is 12.7. The van der Waals surface area contributed by atoms with E-state index in [4.69, 9.17) is 10.5 Å². The zero-order valence-corrected chi connectivity index (χ0v) is 12.7. The van der Waals surface area contributed by atoms with E-state index in [9.17, 15) is 9.18 Å². The molecule has 0 aromatic heterocycles. The van der Waals surface area contributed by atoms with Crippen LogP contribution in [0, 0.1) is 5.82 Å². The van der Waals surface area contributed by atoms with Crippen molar-refractivity contribution in [3.63, 3.8) is 0 Å². The molecule has 1 aromatic rings. The second-order valence-corrected chi connectivity index (χ2v) is 5.39. The van der Waals surface area contributed by atoms with Gasteiger partial charge in [-0.1, -0.05) is 13.3 Å². The van der Waals surface area contributed by atoms with Crippen molar-refractivity contribution in [2.75, 3.05) is 23.8 Å². The Balaban J connectivity index is 2.32. The van der Waals surface area contributed by atoms with Crippen LogP contribution in [0.1, 0.15) is 49.9 Å². The standard InChI is InChI=1S/C16H23FN2O2/c1-3-5-8-19(11-6-7-11)15-9-12(16(20)21-4-2)14(18)10-13(15)17/h9-11H,3-8,18H2,1-2H3.